The number of nitrogens with zero attached hydrogens (tertiary/aromatic N) is 1. The van der Waals surface area contributed by atoms with Gasteiger partial charge in [0.15, 0.2) is 0 Å². The number of phenols is 1. The normalized spacial score (nSPS) is 21.5. The molecule has 2 fully saturated rings. The molecule has 1 aliphatic carbocycles. The van der Waals surface area contributed by atoms with E-state index in [1.165, 1.54) is 23.8 Å². The molecule has 0 spiro atoms. The lowest BCUT2D eigenvalue weighted by Gasteiger charge is -2.35. The highest BCUT2D eigenvalue weighted by molar-refractivity contribution is 5.84. The summed E-state index contributed by atoms with van der Waals surface area (Å²) >= 11 is 0. The molecule has 1 aliphatic heterocycles. The zero-order chi connectivity index (χ0) is 14.2. The van der Waals surface area contributed by atoms with E-state index in [0.717, 1.165) is 37.5 Å². The molecule has 110 valence electrons. The zero-order valence-corrected chi connectivity index (χ0v) is 12.3. The Morgan fingerprint density at radius 3 is 2.48 bits per heavy atom. The fraction of sp³-hybridized carbons (Fsp3) is 0.444. The topological polar surface area (TPSA) is 35.5 Å². The van der Waals surface area contributed by atoms with Gasteiger partial charge in [0.05, 0.1) is 0 Å². The molecule has 21 heavy (non-hydrogen) atoms. The van der Waals surface area contributed by atoms with Crippen LogP contribution in [-0.2, 0) is 0 Å². The predicted molar refractivity (Wildman–Crippen MR) is 85.5 cm³/mol. The smallest absolute Gasteiger partial charge is 0.116 e. The van der Waals surface area contributed by atoms with Crippen LogP contribution in [0.3, 0.4) is 0 Å². The first-order valence-electron chi connectivity index (χ1n) is 7.99. The first kappa shape index (κ1) is 13.1. The van der Waals surface area contributed by atoms with Crippen LogP contribution in [0.15, 0.2) is 36.4 Å². The van der Waals surface area contributed by atoms with E-state index in [2.05, 4.69) is 28.4 Å². The molecule has 1 atom stereocenters. The lowest BCUT2D eigenvalue weighted by Crippen LogP contribution is -2.45. The fourth-order valence-corrected chi connectivity index (χ4v) is 3.59. The van der Waals surface area contributed by atoms with Gasteiger partial charge in [-0.15, -0.1) is 0 Å². The Balaban J connectivity index is 1.70. The maximum absolute atomic E-state index is 9.60. The molecule has 1 saturated heterocycles. The fourth-order valence-electron chi connectivity index (χ4n) is 3.59. The largest absolute Gasteiger partial charge is 0.508 e. The second-order valence-electron chi connectivity index (χ2n) is 6.36. The van der Waals surface area contributed by atoms with Gasteiger partial charge in [-0.3, -0.25) is 4.90 Å². The number of phenolic OH excluding ortho intramolecular Hbond substituents is 1. The van der Waals surface area contributed by atoms with Gasteiger partial charge in [0.25, 0.3) is 0 Å². The lowest BCUT2D eigenvalue weighted by atomic mass is 9.96. The minimum absolute atomic E-state index is 0.344. The Morgan fingerprint density at radius 1 is 1.00 bits per heavy atom. The Bertz CT molecular complexity index is 645. The number of benzene rings is 2. The van der Waals surface area contributed by atoms with Crippen molar-refractivity contribution in [1.29, 1.82) is 0 Å². The van der Waals surface area contributed by atoms with Crippen LogP contribution in [0.5, 0.6) is 5.75 Å². The second kappa shape index (κ2) is 5.32. The Hall–Kier alpha value is -1.58. The average Bonchev–Trinajstić information content (AvgIpc) is 3.33. The van der Waals surface area contributed by atoms with Crippen molar-refractivity contribution in [1.82, 2.24) is 10.2 Å². The minimum Gasteiger partial charge on any atom is -0.508 e. The summed E-state index contributed by atoms with van der Waals surface area (Å²) in [5.41, 5.74) is 1.44. The first-order valence-corrected chi connectivity index (χ1v) is 7.99. The molecule has 2 N–H and O–H groups in total. The number of piperazine rings is 1. The van der Waals surface area contributed by atoms with Crippen LogP contribution in [0.2, 0.25) is 0 Å². The molecule has 0 unspecified atom stereocenters. The van der Waals surface area contributed by atoms with E-state index in [1.807, 2.05) is 12.1 Å². The SMILES string of the molecule is Oc1ccc2cc([C@@H](C3CC3)N3CCNCC3)ccc2c1. The van der Waals surface area contributed by atoms with E-state index in [9.17, 15) is 5.11 Å². The molecule has 2 aromatic carbocycles. The maximum Gasteiger partial charge on any atom is 0.116 e. The Kier molecular flexibility index (Phi) is 3.32. The van der Waals surface area contributed by atoms with Gasteiger partial charge in [-0.2, -0.15) is 0 Å². The highest BCUT2D eigenvalue weighted by Crippen LogP contribution is 2.45. The second-order valence-corrected chi connectivity index (χ2v) is 6.36. The van der Waals surface area contributed by atoms with E-state index >= 15 is 0 Å². The summed E-state index contributed by atoms with van der Waals surface area (Å²) in [5, 5.41) is 15.4. The van der Waals surface area contributed by atoms with Crippen molar-refractivity contribution in [2.45, 2.75) is 18.9 Å². The van der Waals surface area contributed by atoms with Crippen LogP contribution in [0.1, 0.15) is 24.4 Å². The third-order valence-electron chi connectivity index (χ3n) is 4.80. The molecule has 1 heterocycles. The van der Waals surface area contributed by atoms with Crippen molar-refractivity contribution < 1.29 is 5.11 Å². The summed E-state index contributed by atoms with van der Waals surface area (Å²) in [6, 6.07) is 13.0. The number of fused-ring (bicyclic) bond motifs is 1. The molecule has 4 rings (SSSR count). The molecule has 0 bridgehead atoms. The highest BCUT2D eigenvalue weighted by Gasteiger charge is 2.36. The number of rotatable bonds is 3. The molecule has 0 radical (unpaired) electrons. The van der Waals surface area contributed by atoms with Crippen molar-refractivity contribution in [3.05, 3.63) is 42.0 Å². The molecule has 0 amide bonds. The molecular weight excluding hydrogens is 260 g/mol. The molecule has 3 heteroatoms. The zero-order valence-electron chi connectivity index (χ0n) is 12.3. The molecule has 3 nitrogen and oxygen atoms in total. The third-order valence-corrected chi connectivity index (χ3v) is 4.80. The van der Waals surface area contributed by atoms with Crippen LogP contribution in [0, 0.1) is 5.92 Å². The minimum atomic E-state index is 0.344. The Labute approximate surface area is 125 Å². The van der Waals surface area contributed by atoms with E-state index in [1.54, 1.807) is 6.07 Å². The number of hydrogen-bond donors (Lipinski definition) is 2. The van der Waals surface area contributed by atoms with Gasteiger partial charge in [0.1, 0.15) is 5.75 Å². The summed E-state index contributed by atoms with van der Waals surface area (Å²) in [5.74, 6) is 1.17. The Morgan fingerprint density at radius 2 is 1.71 bits per heavy atom. The van der Waals surface area contributed by atoms with Crippen molar-refractivity contribution >= 4 is 10.8 Å². The third kappa shape index (κ3) is 2.63. The molecule has 0 aromatic heterocycles. The van der Waals surface area contributed by atoms with E-state index in [0.29, 0.717) is 11.8 Å². The summed E-state index contributed by atoms with van der Waals surface area (Å²) in [7, 11) is 0. The molecular formula is C18H22N2O. The summed E-state index contributed by atoms with van der Waals surface area (Å²) in [4.78, 5) is 2.65. The summed E-state index contributed by atoms with van der Waals surface area (Å²) < 4.78 is 0. The van der Waals surface area contributed by atoms with E-state index in [4.69, 9.17) is 0 Å². The van der Waals surface area contributed by atoms with Gasteiger partial charge < -0.3 is 10.4 Å². The number of aromatic hydroxyl groups is 1. The van der Waals surface area contributed by atoms with Gasteiger partial charge in [-0.1, -0.05) is 18.2 Å². The van der Waals surface area contributed by atoms with E-state index in [-0.39, 0.29) is 0 Å². The van der Waals surface area contributed by atoms with Gasteiger partial charge in [0, 0.05) is 32.2 Å². The van der Waals surface area contributed by atoms with Crippen molar-refractivity contribution in [2.75, 3.05) is 26.2 Å². The quantitative estimate of drug-likeness (QED) is 0.908. The summed E-state index contributed by atoms with van der Waals surface area (Å²) in [6.07, 6.45) is 2.73. The number of nitrogens with one attached hydrogen (secondary N) is 1. The van der Waals surface area contributed by atoms with Crippen LogP contribution in [0.4, 0.5) is 0 Å². The van der Waals surface area contributed by atoms with Crippen molar-refractivity contribution in [2.24, 2.45) is 5.92 Å². The van der Waals surface area contributed by atoms with Gasteiger partial charge in [-0.05, 0) is 53.3 Å². The molecule has 1 saturated carbocycles. The van der Waals surface area contributed by atoms with Crippen LogP contribution in [0.25, 0.3) is 10.8 Å². The summed E-state index contributed by atoms with van der Waals surface area (Å²) in [6.45, 7) is 4.50. The van der Waals surface area contributed by atoms with Crippen molar-refractivity contribution in [3.8, 4) is 5.75 Å². The monoisotopic (exact) mass is 282 g/mol. The number of hydrogen-bond acceptors (Lipinski definition) is 3. The van der Waals surface area contributed by atoms with Gasteiger partial charge >= 0.3 is 0 Å². The predicted octanol–water partition coefficient (Wildman–Crippen LogP) is 2.90. The lowest BCUT2D eigenvalue weighted by molar-refractivity contribution is 0.156. The van der Waals surface area contributed by atoms with Crippen LogP contribution >= 0.6 is 0 Å². The molecule has 2 aliphatic rings. The standard InChI is InChI=1S/C18H22N2O/c21-17-6-5-14-11-16(4-3-15(14)12-17)18(13-1-2-13)20-9-7-19-8-10-20/h3-6,11-13,18-19,21H,1-2,7-10H2/t18-/m1/s1. The maximum atomic E-state index is 9.60. The van der Waals surface area contributed by atoms with Gasteiger partial charge in [-0.25, -0.2) is 0 Å². The first-order chi connectivity index (χ1) is 10.3. The van der Waals surface area contributed by atoms with Crippen molar-refractivity contribution in [3.63, 3.8) is 0 Å². The van der Waals surface area contributed by atoms with Crippen LogP contribution in [-0.4, -0.2) is 36.2 Å². The van der Waals surface area contributed by atoms with E-state index < -0.39 is 0 Å². The highest BCUT2D eigenvalue weighted by atomic mass is 16.3. The van der Waals surface area contributed by atoms with Crippen LogP contribution < -0.4 is 5.32 Å². The molecule has 2 aromatic rings. The van der Waals surface area contributed by atoms with Gasteiger partial charge in [0.2, 0.25) is 0 Å². The average molecular weight is 282 g/mol.